The van der Waals surface area contributed by atoms with Gasteiger partial charge in [0.2, 0.25) is 5.91 Å². The van der Waals surface area contributed by atoms with Gasteiger partial charge in [-0.1, -0.05) is 19.1 Å². The number of rotatable bonds is 5. The highest BCUT2D eigenvalue weighted by Gasteiger charge is 2.28. The van der Waals surface area contributed by atoms with Crippen LogP contribution in [-0.2, 0) is 17.8 Å². The number of methoxy groups -OCH3 is 1. The maximum atomic E-state index is 12.9. The first kappa shape index (κ1) is 16.5. The Morgan fingerprint density at radius 2 is 2.17 bits per heavy atom. The van der Waals surface area contributed by atoms with Crippen molar-refractivity contribution < 1.29 is 9.53 Å². The third-order valence-electron chi connectivity index (χ3n) is 4.49. The van der Waals surface area contributed by atoms with Crippen LogP contribution in [0.2, 0.25) is 0 Å². The van der Waals surface area contributed by atoms with Crippen LogP contribution in [0.1, 0.15) is 24.4 Å². The monoisotopic (exact) mass is 328 g/mol. The molecule has 24 heavy (non-hydrogen) atoms. The van der Waals surface area contributed by atoms with Crippen LogP contribution in [0, 0.1) is 0 Å². The highest BCUT2D eigenvalue weighted by molar-refractivity contribution is 5.77. The van der Waals surface area contributed by atoms with Gasteiger partial charge >= 0.3 is 0 Å². The molecule has 0 aliphatic carbocycles. The summed E-state index contributed by atoms with van der Waals surface area (Å²) in [5, 5.41) is 3.38. The van der Waals surface area contributed by atoms with Gasteiger partial charge in [-0.15, -0.1) is 0 Å². The molecule has 1 N–H and O–H groups in total. The Kier molecular flexibility index (Phi) is 5.15. The number of nitrogens with zero attached hydrogens (tertiary/aromatic N) is 3. The van der Waals surface area contributed by atoms with Crippen LogP contribution in [0.3, 0.4) is 0 Å². The fourth-order valence-corrected chi connectivity index (χ4v) is 3.16. The van der Waals surface area contributed by atoms with E-state index in [-0.39, 0.29) is 11.9 Å². The lowest BCUT2D eigenvalue weighted by Gasteiger charge is -2.36. The van der Waals surface area contributed by atoms with Crippen LogP contribution < -0.4 is 10.1 Å². The molecule has 0 unspecified atom stereocenters. The Labute approximate surface area is 142 Å². The smallest absolute Gasteiger partial charge is 0.243 e. The van der Waals surface area contributed by atoms with Crippen molar-refractivity contribution in [3.8, 4) is 5.75 Å². The predicted molar refractivity (Wildman–Crippen MR) is 91.9 cm³/mol. The molecule has 0 bridgehead atoms. The number of piperazine rings is 1. The van der Waals surface area contributed by atoms with Gasteiger partial charge in [-0.25, -0.2) is 4.98 Å². The SMILES string of the molecule is CCc1nccn1CC(=O)N1CCNC[C@@H]1c1ccc(OC)cc1. The number of carbonyl (C=O) groups excluding carboxylic acids is 1. The van der Waals surface area contributed by atoms with Gasteiger partial charge in [0.25, 0.3) is 0 Å². The van der Waals surface area contributed by atoms with Gasteiger partial charge < -0.3 is 19.5 Å². The van der Waals surface area contributed by atoms with Gasteiger partial charge in [0.1, 0.15) is 18.1 Å². The normalized spacial score (nSPS) is 17.8. The van der Waals surface area contributed by atoms with E-state index in [0.29, 0.717) is 13.1 Å². The quantitative estimate of drug-likeness (QED) is 0.906. The zero-order valence-corrected chi connectivity index (χ0v) is 14.2. The standard InChI is InChI=1S/C18H24N4O2/c1-3-17-20-9-10-21(17)13-18(23)22-11-8-19-12-16(22)14-4-6-15(24-2)7-5-14/h4-7,9-10,16,19H,3,8,11-13H2,1-2H3/t16-/m1/s1. The van der Waals surface area contributed by atoms with E-state index >= 15 is 0 Å². The van der Waals surface area contributed by atoms with Gasteiger partial charge in [0, 0.05) is 38.4 Å². The average Bonchev–Trinajstić information content (AvgIpc) is 3.09. The molecule has 128 valence electrons. The maximum absolute atomic E-state index is 12.9. The van der Waals surface area contributed by atoms with E-state index in [4.69, 9.17) is 4.74 Å². The number of amides is 1. The molecular formula is C18H24N4O2. The second kappa shape index (κ2) is 7.49. The van der Waals surface area contributed by atoms with E-state index in [1.807, 2.05) is 46.9 Å². The summed E-state index contributed by atoms with van der Waals surface area (Å²) < 4.78 is 7.16. The van der Waals surface area contributed by atoms with Gasteiger partial charge in [-0.05, 0) is 17.7 Å². The number of aryl methyl sites for hydroxylation is 1. The van der Waals surface area contributed by atoms with Crippen LogP contribution in [0.15, 0.2) is 36.7 Å². The summed E-state index contributed by atoms with van der Waals surface area (Å²) in [4.78, 5) is 19.1. The molecule has 3 rings (SSSR count). The lowest BCUT2D eigenvalue weighted by molar-refractivity contribution is -0.135. The average molecular weight is 328 g/mol. The first-order valence-electron chi connectivity index (χ1n) is 8.37. The predicted octanol–water partition coefficient (Wildman–Crippen LogP) is 1.63. The molecule has 6 heteroatoms. The first-order chi connectivity index (χ1) is 11.7. The molecule has 2 aromatic rings. The van der Waals surface area contributed by atoms with E-state index in [1.54, 1.807) is 13.3 Å². The molecule has 1 aliphatic heterocycles. The lowest BCUT2D eigenvalue weighted by Crippen LogP contribution is -2.49. The molecule has 1 aromatic heterocycles. The Hall–Kier alpha value is -2.34. The third-order valence-corrected chi connectivity index (χ3v) is 4.49. The Balaban J connectivity index is 1.77. The Morgan fingerprint density at radius 3 is 2.88 bits per heavy atom. The highest BCUT2D eigenvalue weighted by atomic mass is 16.5. The number of ether oxygens (including phenoxy) is 1. The minimum Gasteiger partial charge on any atom is -0.497 e. The summed E-state index contributed by atoms with van der Waals surface area (Å²) in [5.41, 5.74) is 1.12. The highest BCUT2D eigenvalue weighted by Crippen LogP contribution is 2.24. The van der Waals surface area contributed by atoms with Crippen molar-refractivity contribution in [3.63, 3.8) is 0 Å². The molecule has 0 saturated carbocycles. The summed E-state index contributed by atoms with van der Waals surface area (Å²) in [6.07, 6.45) is 4.45. The topological polar surface area (TPSA) is 59.4 Å². The molecule has 1 saturated heterocycles. The molecule has 1 aliphatic rings. The minimum absolute atomic E-state index is 0.0470. The number of nitrogens with one attached hydrogen (secondary N) is 1. The summed E-state index contributed by atoms with van der Waals surface area (Å²) in [5.74, 6) is 1.90. The number of hydrogen-bond acceptors (Lipinski definition) is 4. The van der Waals surface area contributed by atoms with Crippen LogP contribution in [-0.4, -0.2) is 47.1 Å². The molecule has 1 amide bonds. The second-order valence-electron chi connectivity index (χ2n) is 5.91. The van der Waals surface area contributed by atoms with Gasteiger partial charge in [0.05, 0.1) is 13.2 Å². The first-order valence-corrected chi connectivity index (χ1v) is 8.37. The third kappa shape index (κ3) is 3.43. The molecule has 2 heterocycles. The molecule has 1 atom stereocenters. The number of carbonyl (C=O) groups is 1. The van der Waals surface area contributed by atoms with Crippen molar-refractivity contribution in [3.05, 3.63) is 48.0 Å². The number of aromatic nitrogens is 2. The molecular weight excluding hydrogens is 304 g/mol. The summed E-state index contributed by atoms with van der Waals surface area (Å²) in [6, 6.07) is 8.00. The minimum atomic E-state index is 0.0470. The van der Waals surface area contributed by atoms with Gasteiger partial charge in [0.15, 0.2) is 0 Å². The maximum Gasteiger partial charge on any atom is 0.243 e. The van der Waals surface area contributed by atoms with Gasteiger partial charge in [-0.3, -0.25) is 4.79 Å². The van der Waals surface area contributed by atoms with Crippen molar-refractivity contribution in [1.82, 2.24) is 19.8 Å². The van der Waals surface area contributed by atoms with Crippen molar-refractivity contribution in [1.29, 1.82) is 0 Å². The fraction of sp³-hybridized carbons (Fsp3) is 0.444. The summed E-state index contributed by atoms with van der Waals surface area (Å²) in [7, 11) is 1.66. The van der Waals surface area contributed by atoms with E-state index in [0.717, 1.165) is 36.6 Å². The van der Waals surface area contributed by atoms with Crippen molar-refractivity contribution >= 4 is 5.91 Å². The van der Waals surface area contributed by atoms with E-state index in [9.17, 15) is 4.79 Å². The molecule has 0 radical (unpaired) electrons. The molecule has 0 spiro atoms. The molecule has 1 fully saturated rings. The molecule has 6 nitrogen and oxygen atoms in total. The molecule has 1 aromatic carbocycles. The lowest BCUT2D eigenvalue weighted by atomic mass is 10.0. The Morgan fingerprint density at radius 1 is 1.38 bits per heavy atom. The van der Waals surface area contributed by atoms with Crippen LogP contribution >= 0.6 is 0 Å². The number of hydrogen-bond donors (Lipinski definition) is 1. The van der Waals surface area contributed by atoms with Crippen LogP contribution in [0.5, 0.6) is 5.75 Å². The summed E-state index contributed by atoms with van der Waals surface area (Å²) in [6.45, 7) is 4.70. The Bertz CT molecular complexity index is 681. The van der Waals surface area contributed by atoms with Crippen LogP contribution in [0.4, 0.5) is 0 Å². The van der Waals surface area contributed by atoms with Crippen molar-refractivity contribution in [2.24, 2.45) is 0 Å². The van der Waals surface area contributed by atoms with Crippen molar-refractivity contribution in [2.75, 3.05) is 26.7 Å². The van der Waals surface area contributed by atoms with Gasteiger partial charge in [-0.2, -0.15) is 0 Å². The largest absolute Gasteiger partial charge is 0.497 e. The van der Waals surface area contributed by atoms with Crippen LogP contribution in [0.25, 0.3) is 0 Å². The fourth-order valence-electron chi connectivity index (χ4n) is 3.16. The van der Waals surface area contributed by atoms with E-state index in [1.165, 1.54) is 0 Å². The summed E-state index contributed by atoms with van der Waals surface area (Å²) >= 11 is 0. The van der Waals surface area contributed by atoms with Crippen molar-refractivity contribution in [2.45, 2.75) is 25.9 Å². The number of benzene rings is 1. The zero-order chi connectivity index (χ0) is 16.9. The van der Waals surface area contributed by atoms with E-state index < -0.39 is 0 Å². The van der Waals surface area contributed by atoms with E-state index in [2.05, 4.69) is 10.3 Å². The zero-order valence-electron chi connectivity index (χ0n) is 14.2. The second-order valence-corrected chi connectivity index (χ2v) is 5.91. The number of imidazole rings is 1.